The Labute approximate surface area is 109 Å². The first-order valence-electron chi connectivity index (χ1n) is 5.10. The normalized spacial score (nSPS) is 11.1. The Kier molecular flexibility index (Phi) is 4.60. The highest BCUT2D eigenvalue weighted by Gasteiger charge is 2.21. The monoisotopic (exact) mass is 289 g/mol. The van der Waals surface area contributed by atoms with E-state index in [1.807, 2.05) is 0 Å². The van der Waals surface area contributed by atoms with Gasteiger partial charge in [0, 0.05) is 5.56 Å². The van der Waals surface area contributed by atoms with Gasteiger partial charge in [-0.3, -0.25) is 9.59 Å². The van der Waals surface area contributed by atoms with Gasteiger partial charge in [-0.05, 0) is 18.2 Å². The van der Waals surface area contributed by atoms with Crippen molar-refractivity contribution in [2.45, 2.75) is 0 Å². The molecule has 0 atom stereocenters. The van der Waals surface area contributed by atoms with Gasteiger partial charge in [0.05, 0.1) is 7.11 Å². The number of nitrogens with two attached hydrogens (primary N) is 1. The summed E-state index contributed by atoms with van der Waals surface area (Å²) in [5.74, 6) is -4.52. The minimum Gasteiger partial charge on any atom is -0.494 e. The lowest BCUT2D eigenvalue weighted by Crippen LogP contribution is -2.28. The molecule has 1 amide bonds. The van der Waals surface area contributed by atoms with E-state index in [1.54, 1.807) is 0 Å². The number of rotatable bonds is 6. The molecule has 104 valence electrons. The molecule has 19 heavy (non-hydrogen) atoms. The third kappa shape index (κ3) is 4.32. The summed E-state index contributed by atoms with van der Waals surface area (Å²) in [6, 6.07) is 3.33. The number of Topliss-reactive ketones (excluding diaryl/α,β-unsaturated/α-hetero) is 1. The van der Waals surface area contributed by atoms with E-state index in [9.17, 15) is 22.4 Å². The number of benzene rings is 1. The number of carbonyl (C=O) groups is 2. The van der Waals surface area contributed by atoms with E-state index >= 15 is 0 Å². The zero-order valence-corrected chi connectivity index (χ0v) is 10.9. The van der Waals surface area contributed by atoms with Gasteiger partial charge in [0.15, 0.2) is 27.2 Å². The Balaban J connectivity index is 2.90. The van der Waals surface area contributed by atoms with E-state index in [0.29, 0.717) is 0 Å². The molecular weight excluding hydrogens is 277 g/mol. The highest BCUT2D eigenvalue weighted by molar-refractivity contribution is 7.92. The Morgan fingerprint density at radius 1 is 1.32 bits per heavy atom. The summed E-state index contributed by atoms with van der Waals surface area (Å²) in [6.07, 6.45) is 0. The minimum atomic E-state index is -3.93. The van der Waals surface area contributed by atoms with Crippen LogP contribution >= 0.6 is 0 Å². The summed E-state index contributed by atoms with van der Waals surface area (Å²) < 4.78 is 40.8. The Hall–Kier alpha value is -1.96. The van der Waals surface area contributed by atoms with Crippen molar-refractivity contribution in [1.29, 1.82) is 0 Å². The second-order valence-corrected chi connectivity index (χ2v) is 5.84. The molecule has 2 N–H and O–H groups in total. The van der Waals surface area contributed by atoms with Crippen LogP contribution in [0, 0.1) is 5.82 Å². The average Bonchev–Trinajstić information content (AvgIpc) is 2.26. The van der Waals surface area contributed by atoms with E-state index in [-0.39, 0.29) is 11.3 Å². The summed E-state index contributed by atoms with van der Waals surface area (Å²) in [7, 11) is -2.67. The molecule has 0 saturated heterocycles. The van der Waals surface area contributed by atoms with Crippen LogP contribution in [0.2, 0.25) is 0 Å². The molecule has 0 aliphatic rings. The fraction of sp³-hybridized carbons (Fsp3) is 0.273. The third-order valence-electron chi connectivity index (χ3n) is 2.19. The number of ketones is 1. The highest BCUT2D eigenvalue weighted by Crippen LogP contribution is 2.18. The fourth-order valence-electron chi connectivity index (χ4n) is 1.39. The van der Waals surface area contributed by atoms with Gasteiger partial charge in [-0.1, -0.05) is 0 Å². The number of primary amides is 1. The molecule has 0 aliphatic heterocycles. The zero-order valence-electron chi connectivity index (χ0n) is 10.1. The first kappa shape index (κ1) is 15.1. The number of sulfone groups is 1. The number of hydrogen-bond donors (Lipinski definition) is 1. The lowest BCUT2D eigenvalue weighted by atomic mass is 10.1. The minimum absolute atomic E-state index is 0.0588. The zero-order chi connectivity index (χ0) is 14.6. The van der Waals surface area contributed by atoms with Gasteiger partial charge >= 0.3 is 0 Å². The van der Waals surface area contributed by atoms with Crippen LogP contribution in [0.4, 0.5) is 4.39 Å². The largest absolute Gasteiger partial charge is 0.494 e. The van der Waals surface area contributed by atoms with Crippen molar-refractivity contribution in [1.82, 2.24) is 0 Å². The van der Waals surface area contributed by atoms with Gasteiger partial charge in [-0.2, -0.15) is 0 Å². The van der Waals surface area contributed by atoms with Crippen molar-refractivity contribution in [2.24, 2.45) is 5.73 Å². The highest BCUT2D eigenvalue weighted by atomic mass is 32.2. The Morgan fingerprint density at radius 2 is 1.95 bits per heavy atom. The molecule has 1 aromatic carbocycles. The molecule has 0 bridgehead atoms. The Bertz CT molecular complexity index is 612. The summed E-state index contributed by atoms with van der Waals surface area (Å²) in [4.78, 5) is 22.2. The fourth-order valence-corrected chi connectivity index (χ4v) is 2.49. The molecule has 0 fully saturated rings. The second-order valence-electron chi connectivity index (χ2n) is 3.77. The maximum atomic E-state index is 13.4. The molecule has 1 rings (SSSR count). The van der Waals surface area contributed by atoms with Gasteiger partial charge in [0.1, 0.15) is 11.5 Å². The van der Waals surface area contributed by atoms with E-state index < -0.39 is 38.9 Å². The summed E-state index contributed by atoms with van der Waals surface area (Å²) in [6.45, 7) is 0. The van der Waals surface area contributed by atoms with Crippen molar-refractivity contribution in [2.75, 3.05) is 18.6 Å². The van der Waals surface area contributed by atoms with Gasteiger partial charge < -0.3 is 10.5 Å². The van der Waals surface area contributed by atoms with E-state index in [0.717, 1.165) is 6.07 Å². The predicted molar refractivity (Wildman–Crippen MR) is 65.1 cm³/mol. The van der Waals surface area contributed by atoms with Crippen molar-refractivity contribution < 1.29 is 27.1 Å². The van der Waals surface area contributed by atoms with Crippen LogP contribution in [-0.4, -0.2) is 38.7 Å². The number of hydrogen-bond acceptors (Lipinski definition) is 5. The Morgan fingerprint density at radius 3 is 2.42 bits per heavy atom. The summed E-state index contributed by atoms with van der Waals surface area (Å²) in [5.41, 5.74) is 4.63. The van der Waals surface area contributed by atoms with Crippen LogP contribution in [0.1, 0.15) is 10.4 Å². The number of halogens is 1. The third-order valence-corrected chi connectivity index (χ3v) is 3.61. The molecule has 6 nitrogen and oxygen atoms in total. The average molecular weight is 289 g/mol. The standard InChI is InChI=1S/C11H12FNO5S/c1-18-10-3-2-7(4-8(10)12)9(14)5-19(16,17)6-11(13)15/h2-4H,5-6H2,1H3,(H2,13,15). The maximum Gasteiger partial charge on any atom is 0.232 e. The van der Waals surface area contributed by atoms with E-state index in [1.165, 1.54) is 19.2 Å². The van der Waals surface area contributed by atoms with Gasteiger partial charge in [0.25, 0.3) is 0 Å². The molecule has 0 aliphatic carbocycles. The SMILES string of the molecule is COc1ccc(C(=O)CS(=O)(=O)CC(N)=O)cc1F. The second kappa shape index (κ2) is 5.79. The topological polar surface area (TPSA) is 104 Å². The van der Waals surface area contributed by atoms with E-state index in [2.05, 4.69) is 4.74 Å². The quantitative estimate of drug-likeness (QED) is 0.737. The molecule has 0 unspecified atom stereocenters. The molecule has 0 aromatic heterocycles. The van der Waals surface area contributed by atoms with Crippen LogP contribution in [-0.2, 0) is 14.6 Å². The van der Waals surface area contributed by atoms with Crippen LogP contribution in [0.3, 0.4) is 0 Å². The van der Waals surface area contributed by atoms with Crippen LogP contribution < -0.4 is 10.5 Å². The van der Waals surface area contributed by atoms with Gasteiger partial charge in [-0.15, -0.1) is 0 Å². The lowest BCUT2D eigenvalue weighted by Gasteiger charge is -2.05. The lowest BCUT2D eigenvalue weighted by molar-refractivity contribution is -0.115. The number of carbonyl (C=O) groups excluding carboxylic acids is 2. The summed E-state index contributed by atoms with van der Waals surface area (Å²) in [5, 5.41) is 0. The van der Waals surface area contributed by atoms with Crippen LogP contribution in [0.15, 0.2) is 18.2 Å². The van der Waals surface area contributed by atoms with E-state index in [4.69, 9.17) is 5.73 Å². The molecule has 8 heteroatoms. The van der Waals surface area contributed by atoms with Gasteiger partial charge in [0.2, 0.25) is 5.91 Å². The molecular formula is C11H12FNO5S. The summed E-state index contributed by atoms with van der Waals surface area (Å²) >= 11 is 0. The van der Waals surface area contributed by atoms with Crippen molar-refractivity contribution in [3.05, 3.63) is 29.6 Å². The smallest absolute Gasteiger partial charge is 0.232 e. The molecule has 1 aromatic rings. The predicted octanol–water partition coefficient (Wildman–Crippen LogP) is -0.0829. The van der Waals surface area contributed by atoms with Crippen molar-refractivity contribution in [3.8, 4) is 5.75 Å². The first-order valence-corrected chi connectivity index (χ1v) is 6.93. The molecule has 0 heterocycles. The maximum absolute atomic E-state index is 13.4. The van der Waals surface area contributed by atoms with Gasteiger partial charge in [-0.25, -0.2) is 12.8 Å². The number of amides is 1. The molecule has 0 saturated carbocycles. The molecule has 0 radical (unpaired) electrons. The molecule has 0 spiro atoms. The van der Waals surface area contributed by atoms with Crippen LogP contribution in [0.25, 0.3) is 0 Å². The first-order chi connectivity index (χ1) is 8.75. The van der Waals surface area contributed by atoms with Crippen molar-refractivity contribution in [3.63, 3.8) is 0 Å². The van der Waals surface area contributed by atoms with Crippen LogP contribution in [0.5, 0.6) is 5.75 Å². The van der Waals surface area contributed by atoms with Crippen molar-refractivity contribution >= 4 is 21.5 Å². The number of methoxy groups -OCH3 is 1. The number of ether oxygens (including phenoxy) is 1.